The van der Waals surface area contributed by atoms with E-state index in [-0.39, 0.29) is 5.82 Å². The first-order valence-electron chi connectivity index (χ1n) is 13.4. The third kappa shape index (κ3) is 7.66. The van der Waals surface area contributed by atoms with Gasteiger partial charge < -0.3 is 24.8 Å². The van der Waals surface area contributed by atoms with Crippen LogP contribution in [0.25, 0.3) is 11.4 Å². The van der Waals surface area contributed by atoms with Crippen LogP contribution >= 0.6 is 11.6 Å². The molecule has 0 fully saturated rings. The maximum absolute atomic E-state index is 10.9. The lowest BCUT2D eigenvalue weighted by molar-refractivity contribution is 0.209. The molecule has 224 valence electrons. The van der Waals surface area contributed by atoms with E-state index in [0.29, 0.717) is 52.8 Å². The molecule has 13 heteroatoms. The van der Waals surface area contributed by atoms with Gasteiger partial charge in [0.2, 0.25) is 5.95 Å². The van der Waals surface area contributed by atoms with E-state index < -0.39 is 6.09 Å². The smallest absolute Gasteiger partial charge is 0.410 e. The number of pyridine rings is 2. The lowest BCUT2D eigenvalue weighted by atomic mass is 10.1. The average molecular weight is 613 g/mol. The van der Waals surface area contributed by atoms with Gasteiger partial charge >= 0.3 is 6.09 Å². The molecular formula is C31H29ClN8O4. The van der Waals surface area contributed by atoms with Crippen LogP contribution < -0.4 is 25.0 Å². The van der Waals surface area contributed by atoms with Crippen molar-refractivity contribution in [2.75, 3.05) is 29.8 Å². The SMILES string of the molecule is COc1ccc(CN(Cc2ccc(OC)cc2)c2nc(C)nc(-c3cc(Cl)cnc3Nc3ccc(NC(=O)O)nc3)n2)cc1. The second-order valence-electron chi connectivity index (χ2n) is 9.60. The van der Waals surface area contributed by atoms with Crippen molar-refractivity contribution in [3.63, 3.8) is 0 Å². The van der Waals surface area contributed by atoms with Gasteiger partial charge in [-0.05, 0) is 60.5 Å². The van der Waals surface area contributed by atoms with E-state index in [4.69, 9.17) is 36.1 Å². The maximum atomic E-state index is 10.9. The largest absolute Gasteiger partial charge is 0.497 e. The molecule has 0 unspecified atom stereocenters. The van der Waals surface area contributed by atoms with E-state index in [9.17, 15) is 4.79 Å². The van der Waals surface area contributed by atoms with Crippen molar-refractivity contribution in [3.05, 3.63) is 101 Å². The highest BCUT2D eigenvalue weighted by molar-refractivity contribution is 6.30. The summed E-state index contributed by atoms with van der Waals surface area (Å²) in [4.78, 5) is 35.8. The Balaban J connectivity index is 1.50. The zero-order chi connectivity index (χ0) is 31.1. The number of hydrogen-bond donors (Lipinski definition) is 3. The highest BCUT2D eigenvalue weighted by Crippen LogP contribution is 2.30. The molecule has 0 atom stereocenters. The van der Waals surface area contributed by atoms with E-state index in [1.165, 1.54) is 18.5 Å². The Morgan fingerprint density at radius 1 is 0.864 bits per heavy atom. The number of aryl methyl sites for hydroxylation is 1. The van der Waals surface area contributed by atoms with Crippen molar-refractivity contribution in [2.45, 2.75) is 20.0 Å². The molecule has 3 aromatic heterocycles. The van der Waals surface area contributed by atoms with Gasteiger partial charge in [-0.25, -0.2) is 19.7 Å². The van der Waals surface area contributed by atoms with Gasteiger partial charge in [-0.3, -0.25) is 5.32 Å². The number of rotatable bonds is 11. The maximum Gasteiger partial charge on any atom is 0.410 e. The summed E-state index contributed by atoms with van der Waals surface area (Å²) in [6.45, 7) is 2.83. The van der Waals surface area contributed by atoms with E-state index in [1.807, 2.05) is 48.5 Å². The summed E-state index contributed by atoms with van der Waals surface area (Å²) in [5.74, 6) is 3.52. The molecule has 2 aromatic carbocycles. The fourth-order valence-corrected chi connectivity index (χ4v) is 4.48. The molecule has 12 nitrogen and oxygen atoms in total. The van der Waals surface area contributed by atoms with Crippen LogP contribution in [-0.2, 0) is 13.1 Å². The van der Waals surface area contributed by atoms with Crippen LogP contribution in [-0.4, -0.2) is 50.3 Å². The summed E-state index contributed by atoms with van der Waals surface area (Å²) < 4.78 is 10.7. The second kappa shape index (κ2) is 13.7. The molecule has 0 aliphatic carbocycles. The van der Waals surface area contributed by atoms with Gasteiger partial charge in [0.1, 0.15) is 29.0 Å². The van der Waals surface area contributed by atoms with Gasteiger partial charge in [0, 0.05) is 19.3 Å². The molecule has 5 aromatic rings. The van der Waals surface area contributed by atoms with E-state index in [1.54, 1.807) is 33.3 Å². The first-order valence-corrected chi connectivity index (χ1v) is 13.8. The lowest BCUT2D eigenvalue weighted by Crippen LogP contribution is -2.25. The predicted molar refractivity (Wildman–Crippen MR) is 168 cm³/mol. The van der Waals surface area contributed by atoms with Crippen LogP contribution in [0.2, 0.25) is 5.02 Å². The monoisotopic (exact) mass is 612 g/mol. The normalized spacial score (nSPS) is 10.6. The molecule has 0 radical (unpaired) electrons. The number of ether oxygens (including phenoxy) is 2. The fraction of sp³-hybridized carbons (Fsp3) is 0.161. The number of amides is 1. The number of halogens is 1. The van der Waals surface area contributed by atoms with Gasteiger partial charge in [-0.15, -0.1) is 0 Å². The van der Waals surface area contributed by atoms with Crippen molar-refractivity contribution in [1.29, 1.82) is 0 Å². The molecule has 3 N–H and O–H groups in total. The number of carboxylic acid groups (broad SMARTS) is 1. The van der Waals surface area contributed by atoms with Crippen LogP contribution in [0.15, 0.2) is 79.1 Å². The number of methoxy groups -OCH3 is 2. The quantitative estimate of drug-likeness (QED) is 0.153. The molecule has 0 aliphatic rings. The number of hydrogen-bond acceptors (Lipinski definition) is 10. The number of nitrogens with one attached hydrogen (secondary N) is 2. The molecule has 0 aliphatic heterocycles. The van der Waals surface area contributed by atoms with Crippen LogP contribution in [0.5, 0.6) is 11.5 Å². The number of carbonyl (C=O) groups is 1. The van der Waals surface area contributed by atoms with E-state index in [0.717, 1.165) is 22.6 Å². The standard InChI is InChI=1S/C31H29ClN8O4/c1-19-35-29(26-14-22(32)15-34-28(26)37-23-8-13-27(33-16-23)38-31(41)42)39-30(36-19)40(17-20-4-9-24(43-2)10-5-20)18-21-6-11-25(44-3)12-7-21/h4-16H,17-18H2,1-3H3,(H,33,38)(H,34,37)(H,41,42). The zero-order valence-electron chi connectivity index (χ0n) is 24.2. The van der Waals surface area contributed by atoms with Gasteiger partial charge in [0.25, 0.3) is 0 Å². The molecule has 5 rings (SSSR count). The summed E-state index contributed by atoms with van der Waals surface area (Å²) in [7, 11) is 3.27. The minimum atomic E-state index is -1.20. The minimum Gasteiger partial charge on any atom is -0.497 e. The van der Waals surface area contributed by atoms with E-state index in [2.05, 4.69) is 30.5 Å². The van der Waals surface area contributed by atoms with Crippen molar-refractivity contribution in [1.82, 2.24) is 24.9 Å². The Kier molecular flexibility index (Phi) is 9.31. The van der Waals surface area contributed by atoms with Gasteiger partial charge in [-0.2, -0.15) is 9.97 Å². The predicted octanol–water partition coefficient (Wildman–Crippen LogP) is 6.35. The van der Waals surface area contributed by atoms with Crippen molar-refractivity contribution >= 4 is 41.0 Å². The van der Waals surface area contributed by atoms with Crippen LogP contribution in [0.1, 0.15) is 17.0 Å². The van der Waals surface area contributed by atoms with Crippen LogP contribution in [0.4, 0.5) is 28.1 Å². The minimum absolute atomic E-state index is 0.193. The Morgan fingerprint density at radius 3 is 2.05 bits per heavy atom. The summed E-state index contributed by atoms with van der Waals surface area (Å²) in [6.07, 6.45) is 1.80. The van der Waals surface area contributed by atoms with Crippen LogP contribution in [0, 0.1) is 6.92 Å². The topological polar surface area (TPSA) is 148 Å². The molecule has 0 bridgehead atoms. The fourth-order valence-electron chi connectivity index (χ4n) is 4.33. The summed E-state index contributed by atoms with van der Waals surface area (Å²) in [6, 6.07) is 20.6. The van der Waals surface area contributed by atoms with Crippen molar-refractivity contribution in [3.8, 4) is 22.9 Å². The highest BCUT2D eigenvalue weighted by atomic mass is 35.5. The molecule has 3 heterocycles. The Hall–Kier alpha value is -5.49. The van der Waals surface area contributed by atoms with Gasteiger partial charge in [0.15, 0.2) is 5.82 Å². The molecule has 0 saturated heterocycles. The third-order valence-corrected chi connectivity index (χ3v) is 6.65. The Morgan fingerprint density at radius 2 is 1.50 bits per heavy atom. The molecule has 1 amide bonds. The number of anilines is 4. The zero-order valence-corrected chi connectivity index (χ0v) is 24.9. The summed E-state index contributed by atoms with van der Waals surface area (Å²) in [5.41, 5.74) is 3.20. The Labute approximate surface area is 258 Å². The van der Waals surface area contributed by atoms with Crippen LogP contribution in [0.3, 0.4) is 0 Å². The van der Waals surface area contributed by atoms with E-state index >= 15 is 0 Å². The lowest BCUT2D eigenvalue weighted by Gasteiger charge is -2.24. The molecule has 0 saturated carbocycles. The number of benzene rings is 2. The highest BCUT2D eigenvalue weighted by Gasteiger charge is 2.18. The number of aromatic nitrogens is 5. The third-order valence-electron chi connectivity index (χ3n) is 6.44. The first-order chi connectivity index (χ1) is 21.3. The molecule has 0 spiro atoms. The van der Waals surface area contributed by atoms with Gasteiger partial charge in [0.05, 0.1) is 36.7 Å². The first kappa shape index (κ1) is 30.0. The second-order valence-corrected chi connectivity index (χ2v) is 10.0. The summed E-state index contributed by atoms with van der Waals surface area (Å²) >= 11 is 6.38. The molecular weight excluding hydrogens is 584 g/mol. The van der Waals surface area contributed by atoms with Gasteiger partial charge in [-0.1, -0.05) is 35.9 Å². The van der Waals surface area contributed by atoms with Crippen molar-refractivity contribution < 1.29 is 19.4 Å². The average Bonchev–Trinajstić information content (AvgIpc) is 3.02. The Bertz CT molecular complexity index is 1690. The number of nitrogens with zero attached hydrogens (tertiary/aromatic N) is 6. The molecule has 44 heavy (non-hydrogen) atoms. The summed E-state index contributed by atoms with van der Waals surface area (Å²) in [5, 5.41) is 14.7. The van der Waals surface area contributed by atoms with Crippen molar-refractivity contribution in [2.24, 2.45) is 0 Å².